The lowest BCUT2D eigenvalue weighted by atomic mass is 10.1. The maximum Gasteiger partial charge on any atom is 0.243 e. The summed E-state index contributed by atoms with van der Waals surface area (Å²) in [6, 6.07) is 8.04. The maximum absolute atomic E-state index is 13.2. The van der Waals surface area contributed by atoms with Crippen molar-refractivity contribution in [3.63, 3.8) is 0 Å². The van der Waals surface area contributed by atoms with Crippen molar-refractivity contribution in [1.29, 1.82) is 0 Å². The minimum Gasteiger partial charge on any atom is -0.349 e. The van der Waals surface area contributed by atoms with Crippen LogP contribution in [0.3, 0.4) is 0 Å². The molecule has 1 atom stereocenters. The summed E-state index contributed by atoms with van der Waals surface area (Å²) in [5.41, 5.74) is 1.32. The van der Waals surface area contributed by atoms with E-state index in [-0.39, 0.29) is 16.7 Å². The molecule has 0 spiro atoms. The van der Waals surface area contributed by atoms with Gasteiger partial charge in [-0.3, -0.25) is 14.5 Å². The quantitative estimate of drug-likeness (QED) is 0.742. The van der Waals surface area contributed by atoms with Gasteiger partial charge in [-0.1, -0.05) is 18.9 Å². The van der Waals surface area contributed by atoms with Gasteiger partial charge in [0, 0.05) is 37.0 Å². The smallest absolute Gasteiger partial charge is 0.243 e. The number of carbonyl (C=O) groups is 2. The fraction of sp³-hybridized carbons (Fsp3) is 0.455. The van der Waals surface area contributed by atoms with E-state index in [2.05, 4.69) is 5.32 Å². The number of amides is 2. The highest BCUT2D eigenvalue weighted by atomic mass is 32.2. The predicted octanol–water partition coefficient (Wildman–Crippen LogP) is 2.91. The Labute approximate surface area is 187 Å². The lowest BCUT2D eigenvalue weighted by Gasteiger charge is -2.23. The van der Waals surface area contributed by atoms with E-state index in [9.17, 15) is 18.0 Å². The standard InChI is InChI=1S/C22H27N3O4S2/c1-16(26)25-20-9-8-19(31(28,29)24-10-4-2-3-5-11-24)13-17(20)14-21(25)22(27)23-15-18-7-6-12-30-18/h6-9,12-13,21H,2-5,10-11,14-15H2,1H3,(H,23,27). The molecule has 2 aromatic rings. The number of hydrogen-bond donors (Lipinski definition) is 1. The Bertz CT molecular complexity index is 1060. The Morgan fingerprint density at radius 1 is 1.13 bits per heavy atom. The first kappa shape index (κ1) is 22.0. The number of hydrogen-bond acceptors (Lipinski definition) is 5. The summed E-state index contributed by atoms with van der Waals surface area (Å²) in [7, 11) is -3.59. The molecule has 7 nitrogen and oxygen atoms in total. The van der Waals surface area contributed by atoms with Gasteiger partial charge in [-0.05, 0) is 48.1 Å². The van der Waals surface area contributed by atoms with Gasteiger partial charge in [-0.2, -0.15) is 4.31 Å². The summed E-state index contributed by atoms with van der Waals surface area (Å²) in [5.74, 6) is -0.477. The van der Waals surface area contributed by atoms with Crippen LogP contribution in [0.5, 0.6) is 0 Å². The molecule has 2 amide bonds. The van der Waals surface area contributed by atoms with Crippen molar-refractivity contribution in [2.24, 2.45) is 0 Å². The molecule has 2 aliphatic heterocycles. The van der Waals surface area contributed by atoms with Crippen LogP contribution in [0.4, 0.5) is 5.69 Å². The number of anilines is 1. The second-order valence-electron chi connectivity index (χ2n) is 8.01. The highest BCUT2D eigenvalue weighted by molar-refractivity contribution is 7.89. The van der Waals surface area contributed by atoms with Gasteiger partial charge in [0.25, 0.3) is 0 Å². The van der Waals surface area contributed by atoms with Gasteiger partial charge in [0.15, 0.2) is 0 Å². The van der Waals surface area contributed by atoms with Crippen LogP contribution in [0.15, 0.2) is 40.6 Å². The minimum atomic E-state index is -3.59. The normalized spacial score (nSPS) is 19.6. The Hall–Kier alpha value is -2.23. The van der Waals surface area contributed by atoms with E-state index in [1.54, 1.807) is 33.8 Å². The van der Waals surface area contributed by atoms with E-state index in [1.807, 2.05) is 17.5 Å². The maximum atomic E-state index is 13.2. The average Bonchev–Trinajstić information content (AvgIpc) is 3.31. The van der Waals surface area contributed by atoms with Crippen molar-refractivity contribution in [2.75, 3.05) is 18.0 Å². The Morgan fingerprint density at radius 3 is 2.52 bits per heavy atom. The Morgan fingerprint density at radius 2 is 1.87 bits per heavy atom. The van der Waals surface area contributed by atoms with Crippen LogP contribution in [-0.4, -0.2) is 43.7 Å². The van der Waals surface area contributed by atoms with Gasteiger partial charge >= 0.3 is 0 Å². The van der Waals surface area contributed by atoms with Crippen molar-refractivity contribution < 1.29 is 18.0 Å². The lowest BCUT2D eigenvalue weighted by Crippen LogP contribution is -2.47. The Balaban J connectivity index is 1.56. The van der Waals surface area contributed by atoms with Crippen LogP contribution in [0.2, 0.25) is 0 Å². The zero-order chi connectivity index (χ0) is 22.0. The van der Waals surface area contributed by atoms with E-state index in [0.717, 1.165) is 30.6 Å². The molecule has 1 saturated heterocycles. The number of thiophene rings is 1. The summed E-state index contributed by atoms with van der Waals surface area (Å²) < 4.78 is 27.9. The second kappa shape index (κ2) is 9.10. The summed E-state index contributed by atoms with van der Waals surface area (Å²) in [6.07, 6.45) is 4.14. The number of nitrogens with one attached hydrogen (secondary N) is 1. The van der Waals surface area contributed by atoms with Gasteiger partial charge < -0.3 is 5.32 Å². The van der Waals surface area contributed by atoms with E-state index in [0.29, 0.717) is 37.3 Å². The molecule has 9 heteroatoms. The van der Waals surface area contributed by atoms with E-state index in [4.69, 9.17) is 0 Å². The third-order valence-electron chi connectivity index (χ3n) is 5.90. The highest BCUT2D eigenvalue weighted by Gasteiger charge is 2.38. The van der Waals surface area contributed by atoms with Crippen LogP contribution in [0.1, 0.15) is 43.0 Å². The van der Waals surface area contributed by atoms with E-state index < -0.39 is 16.1 Å². The lowest BCUT2D eigenvalue weighted by molar-refractivity contribution is -0.125. The molecule has 0 radical (unpaired) electrons. The fourth-order valence-corrected chi connectivity index (χ4v) is 6.54. The molecule has 3 heterocycles. The fourth-order valence-electron chi connectivity index (χ4n) is 4.32. The number of carbonyl (C=O) groups excluding carboxylic acids is 2. The summed E-state index contributed by atoms with van der Waals surface area (Å²) >= 11 is 1.55. The van der Waals surface area contributed by atoms with Crippen molar-refractivity contribution >= 4 is 38.9 Å². The predicted molar refractivity (Wildman–Crippen MR) is 120 cm³/mol. The molecule has 1 aromatic heterocycles. The first-order valence-corrected chi connectivity index (χ1v) is 12.9. The molecule has 1 fully saturated rings. The number of nitrogens with zero attached hydrogens (tertiary/aromatic N) is 2. The van der Waals surface area contributed by atoms with Crippen LogP contribution in [-0.2, 0) is 32.6 Å². The topological polar surface area (TPSA) is 86.8 Å². The molecule has 1 unspecified atom stereocenters. The van der Waals surface area contributed by atoms with Crippen LogP contribution >= 0.6 is 11.3 Å². The molecular weight excluding hydrogens is 434 g/mol. The molecular formula is C22H27N3O4S2. The largest absolute Gasteiger partial charge is 0.349 e. The minimum absolute atomic E-state index is 0.233. The third kappa shape index (κ3) is 4.53. The van der Waals surface area contributed by atoms with Gasteiger partial charge in [-0.25, -0.2) is 8.42 Å². The summed E-state index contributed by atoms with van der Waals surface area (Å²) in [4.78, 5) is 27.9. The number of benzene rings is 1. The third-order valence-corrected chi connectivity index (χ3v) is 8.67. The number of rotatable bonds is 5. The van der Waals surface area contributed by atoms with Crippen LogP contribution in [0.25, 0.3) is 0 Å². The number of fused-ring (bicyclic) bond motifs is 1. The van der Waals surface area contributed by atoms with Gasteiger partial charge in [0.1, 0.15) is 6.04 Å². The molecule has 1 aromatic carbocycles. The molecule has 2 aliphatic rings. The molecule has 31 heavy (non-hydrogen) atoms. The second-order valence-corrected chi connectivity index (χ2v) is 11.0. The molecule has 1 N–H and O–H groups in total. The first-order chi connectivity index (χ1) is 14.9. The SMILES string of the molecule is CC(=O)N1c2ccc(S(=O)(=O)N3CCCCCC3)cc2CC1C(=O)NCc1cccs1. The molecule has 0 bridgehead atoms. The van der Waals surface area contributed by atoms with Crippen LogP contribution in [0, 0.1) is 0 Å². The van der Waals surface area contributed by atoms with Crippen LogP contribution < -0.4 is 10.2 Å². The monoisotopic (exact) mass is 461 g/mol. The zero-order valence-electron chi connectivity index (χ0n) is 17.5. The number of sulfonamides is 1. The van der Waals surface area contributed by atoms with Gasteiger partial charge in [0.05, 0.1) is 11.4 Å². The van der Waals surface area contributed by atoms with Crippen molar-refractivity contribution in [3.8, 4) is 0 Å². The van der Waals surface area contributed by atoms with E-state index in [1.165, 1.54) is 11.8 Å². The first-order valence-electron chi connectivity index (χ1n) is 10.6. The zero-order valence-corrected chi connectivity index (χ0v) is 19.2. The Kier molecular flexibility index (Phi) is 6.45. The van der Waals surface area contributed by atoms with Crippen molar-refractivity contribution in [1.82, 2.24) is 9.62 Å². The summed E-state index contributed by atoms with van der Waals surface area (Å²) in [6.45, 7) is 2.90. The molecule has 0 saturated carbocycles. The molecule has 4 rings (SSSR count). The van der Waals surface area contributed by atoms with Crippen molar-refractivity contribution in [3.05, 3.63) is 46.2 Å². The molecule has 166 valence electrons. The summed E-state index contributed by atoms with van der Waals surface area (Å²) in [5, 5.41) is 4.85. The highest BCUT2D eigenvalue weighted by Crippen LogP contribution is 2.35. The van der Waals surface area contributed by atoms with E-state index >= 15 is 0 Å². The van der Waals surface area contributed by atoms with Gasteiger partial charge in [0.2, 0.25) is 21.8 Å². The van der Waals surface area contributed by atoms with Gasteiger partial charge in [-0.15, -0.1) is 11.3 Å². The molecule has 0 aliphatic carbocycles. The average molecular weight is 462 g/mol. The van der Waals surface area contributed by atoms with Crippen molar-refractivity contribution in [2.45, 2.75) is 56.5 Å².